The SMILES string of the molecule is Cc1nn(-c2ccccc2F)c(Br)c1CCC(=O)O. The minimum atomic E-state index is -0.870. The predicted molar refractivity (Wildman–Crippen MR) is 71.9 cm³/mol. The maximum Gasteiger partial charge on any atom is 0.303 e. The Morgan fingerprint density at radius 3 is 2.79 bits per heavy atom. The molecule has 0 atom stereocenters. The van der Waals surface area contributed by atoms with Crippen molar-refractivity contribution in [2.45, 2.75) is 19.8 Å². The molecule has 6 heteroatoms. The molecule has 1 heterocycles. The number of carboxylic acids is 1. The van der Waals surface area contributed by atoms with Crippen molar-refractivity contribution in [3.8, 4) is 5.69 Å². The van der Waals surface area contributed by atoms with Gasteiger partial charge in [0, 0.05) is 12.0 Å². The van der Waals surface area contributed by atoms with Crippen molar-refractivity contribution >= 4 is 21.9 Å². The Kier molecular flexibility index (Phi) is 3.99. The van der Waals surface area contributed by atoms with Crippen LogP contribution in [0.2, 0.25) is 0 Å². The van der Waals surface area contributed by atoms with E-state index in [9.17, 15) is 9.18 Å². The van der Waals surface area contributed by atoms with Crippen LogP contribution in [0, 0.1) is 12.7 Å². The van der Waals surface area contributed by atoms with E-state index in [1.54, 1.807) is 25.1 Å². The lowest BCUT2D eigenvalue weighted by Gasteiger charge is -2.04. The van der Waals surface area contributed by atoms with Crippen LogP contribution in [-0.4, -0.2) is 20.9 Å². The number of nitrogens with zero attached hydrogens (tertiary/aromatic N) is 2. The number of aromatic nitrogens is 2. The third-order valence-electron chi connectivity index (χ3n) is 2.79. The lowest BCUT2D eigenvalue weighted by atomic mass is 10.1. The first kappa shape index (κ1) is 13.7. The molecule has 2 rings (SSSR count). The summed E-state index contributed by atoms with van der Waals surface area (Å²) in [6.07, 6.45) is 0.374. The summed E-state index contributed by atoms with van der Waals surface area (Å²) in [6.45, 7) is 1.78. The second-order valence-electron chi connectivity index (χ2n) is 4.11. The third-order valence-corrected chi connectivity index (χ3v) is 3.61. The van der Waals surface area contributed by atoms with Crippen molar-refractivity contribution in [2.24, 2.45) is 0 Å². The number of hydrogen-bond acceptors (Lipinski definition) is 2. The van der Waals surface area contributed by atoms with Crippen molar-refractivity contribution in [3.63, 3.8) is 0 Å². The second kappa shape index (κ2) is 5.52. The van der Waals surface area contributed by atoms with Crippen molar-refractivity contribution in [2.75, 3.05) is 0 Å². The predicted octanol–water partition coefficient (Wildman–Crippen LogP) is 3.10. The molecule has 4 nitrogen and oxygen atoms in total. The number of aryl methyl sites for hydroxylation is 1. The van der Waals surface area contributed by atoms with Gasteiger partial charge in [0.15, 0.2) is 0 Å². The third kappa shape index (κ3) is 2.84. The first-order chi connectivity index (χ1) is 9.00. The number of halogens is 2. The molecule has 0 amide bonds. The van der Waals surface area contributed by atoms with Gasteiger partial charge in [-0.25, -0.2) is 9.07 Å². The van der Waals surface area contributed by atoms with Gasteiger partial charge in [-0.3, -0.25) is 4.79 Å². The van der Waals surface area contributed by atoms with E-state index in [1.165, 1.54) is 10.7 Å². The number of hydrogen-bond donors (Lipinski definition) is 1. The van der Waals surface area contributed by atoms with E-state index in [1.807, 2.05) is 0 Å². The summed E-state index contributed by atoms with van der Waals surface area (Å²) in [7, 11) is 0. The van der Waals surface area contributed by atoms with Gasteiger partial charge in [-0.05, 0) is 41.4 Å². The summed E-state index contributed by atoms with van der Waals surface area (Å²) in [5.41, 5.74) is 1.81. The van der Waals surface area contributed by atoms with E-state index < -0.39 is 5.97 Å². The molecule has 0 aliphatic carbocycles. The minimum absolute atomic E-state index is 0.0163. The normalized spacial score (nSPS) is 10.7. The Morgan fingerprint density at radius 2 is 2.16 bits per heavy atom. The number of carbonyl (C=O) groups is 1. The van der Waals surface area contributed by atoms with Crippen molar-refractivity contribution < 1.29 is 14.3 Å². The highest BCUT2D eigenvalue weighted by molar-refractivity contribution is 9.10. The van der Waals surface area contributed by atoms with Gasteiger partial charge in [0.05, 0.1) is 5.69 Å². The molecule has 1 aromatic heterocycles. The zero-order valence-electron chi connectivity index (χ0n) is 10.2. The average molecular weight is 327 g/mol. The van der Waals surface area contributed by atoms with Crippen LogP contribution in [0.4, 0.5) is 4.39 Å². The van der Waals surface area contributed by atoms with E-state index in [0.717, 1.165) is 5.56 Å². The largest absolute Gasteiger partial charge is 0.481 e. The van der Waals surface area contributed by atoms with Gasteiger partial charge in [0.1, 0.15) is 16.1 Å². The van der Waals surface area contributed by atoms with Crippen LogP contribution >= 0.6 is 15.9 Å². The molecule has 0 bridgehead atoms. The average Bonchev–Trinajstić information content (AvgIpc) is 2.63. The van der Waals surface area contributed by atoms with Gasteiger partial charge >= 0.3 is 5.97 Å². The first-order valence-corrected chi connectivity index (χ1v) is 6.50. The van der Waals surface area contributed by atoms with Crippen LogP contribution in [0.25, 0.3) is 5.69 Å². The van der Waals surface area contributed by atoms with E-state index in [2.05, 4.69) is 21.0 Å². The first-order valence-electron chi connectivity index (χ1n) is 5.71. The number of rotatable bonds is 4. The topological polar surface area (TPSA) is 55.1 Å². The maximum atomic E-state index is 13.7. The van der Waals surface area contributed by atoms with Crippen LogP contribution in [0.5, 0.6) is 0 Å². The number of benzene rings is 1. The van der Waals surface area contributed by atoms with Crippen molar-refractivity contribution in [1.29, 1.82) is 0 Å². The fraction of sp³-hybridized carbons (Fsp3) is 0.231. The van der Waals surface area contributed by atoms with Gasteiger partial charge < -0.3 is 5.11 Å². The Balaban J connectivity index is 2.41. The molecule has 0 radical (unpaired) electrons. The zero-order chi connectivity index (χ0) is 14.0. The van der Waals surface area contributed by atoms with Crippen LogP contribution in [0.1, 0.15) is 17.7 Å². The fourth-order valence-electron chi connectivity index (χ4n) is 1.83. The molecular weight excluding hydrogens is 315 g/mol. The molecule has 100 valence electrons. The Hall–Kier alpha value is -1.69. The summed E-state index contributed by atoms with van der Waals surface area (Å²) in [5.74, 6) is -1.25. The summed E-state index contributed by atoms with van der Waals surface area (Å²) in [4.78, 5) is 10.6. The molecule has 0 aliphatic heterocycles. The summed E-state index contributed by atoms with van der Waals surface area (Å²) in [5, 5.41) is 13.0. The zero-order valence-corrected chi connectivity index (χ0v) is 11.8. The maximum absolute atomic E-state index is 13.7. The van der Waals surface area contributed by atoms with Crippen LogP contribution in [-0.2, 0) is 11.2 Å². The molecule has 1 aromatic carbocycles. The van der Waals surface area contributed by atoms with Crippen LogP contribution in [0.3, 0.4) is 0 Å². The van der Waals surface area contributed by atoms with Gasteiger partial charge in [0.2, 0.25) is 0 Å². The van der Waals surface area contributed by atoms with Gasteiger partial charge in [0.25, 0.3) is 0 Å². The van der Waals surface area contributed by atoms with E-state index in [4.69, 9.17) is 5.11 Å². The standard InChI is InChI=1S/C13H12BrFN2O2/c1-8-9(6-7-12(18)19)13(14)17(16-8)11-5-3-2-4-10(11)15/h2-5H,6-7H2,1H3,(H,18,19). The van der Waals surface area contributed by atoms with Crippen LogP contribution < -0.4 is 0 Å². The van der Waals surface area contributed by atoms with Gasteiger partial charge in [-0.2, -0.15) is 5.10 Å². The van der Waals surface area contributed by atoms with Gasteiger partial charge in [-0.1, -0.05) is 12.1 Å². The summed E-state index contributed by atoms with van der Waals surface area (Å²) >= 11 is 3.36. The molecule has 0 spiro atoms. The second-order valence-corrected chi connectivity index (χ2v) is 4.86. The van der Waals surface area contributed by atoms with E-state index in [-0.39, 0.29) is 12.2 Å². The molecule has 0 unspecified atom stereocenters. The number of carboxylic acid groups (broad SMARTS) is 1. The van der Waals surface area contributed by atoms with Crippen molar-refractivity contribution in [3.05, 3.63) is 45.9 Å². The molecule has 1 N–H and O–H groups in total. The highest BCUT2D eigenvalue weighted by Crippen LogP contribution is 2.26. The Labute approximate surface area is 118 Å². The van der Waals surface area contributed by atoms with E-state index in [0.29, 0.717) is 22.4 Å². The highest BCUT2D eigenvalue weighted by atomic mass is 79.9. The molecular formula is C13H12BrFN2O2. The molecule has 19 heavy (non-hydrogen) atoms. The lowest BCUT2D eigenvalue weighted by Crippen LogP contribution is -2.01. The molecule has 0 saturated carbocycles. The minimum Gasteiger partial charge on any atom is -0.481 e. The van der Waals surface area contributed by atoms with Crippen LogP contribution in [0.15, 0.2) is 28.9 Å². The monoisotopic (exact) mass is 326 g/mol. The lowest BCUT2D eigenvalue weighted by molar-refractivity contribution is -0.136. The van der Waals surface area contributed by atoms with Crippen molar-refractivity contribution in [1.82, 2.24) is 9.78 Å². The summed E-state index contributed by atoms with van der Waals surface area (Å²) in [6, 6.07) is 6.30. The molecule has 0 fully saturated rings. The Morgan fingerprint density at radius 1 is 1.47 bits per heavy atom. The fourth-order valence-corrected chi connectivity index (χ4v) is 2.59. The number of para-hydroxylation sites is 1. The summed E-state index contributed by atoms with van der Waals surface area (Å²) < 4.78 is 15.8. The molecule has 0 aliphatic rings. The smallest absolute Gasteiger partial charge is 0.303 e. The molecule has 0 saturated heterocycles. The van der Waals surface area contributed by atoms with Gasteiger partial charge in [-0.15, -0.1) is 0 Å². The highest BCUT2D eigenvalue weighted by Gasteiger charge is 2.16. The number of aliphatic carboxylic acids is 1. The molecule has 2 aromatic rings. The Bertz CT molecular complexity index is 625. The van der Waals surface area contributed by atoms with E-state index >= 15 is 0 Å². The quantitative estimate of drug-likeness (QED) is 0.939.